The van der Waals surface area contributed by atoms with Crippen molar-refractivity contribution in [1.82, 2.24) is 4.98 Å². The van der Waals surface area contributed by atoms with E-state index in [-0.39, 0.29) is 23.8 Å². The summed E-state index contributed by atoms with van der Waals surface area (Å²) in [7, 11) is 0. The van der Waals surface area contributed by atoms with E-state index in [0.29, 0.717) is 24.3 Å². The first-order chi connectivity index (χ1) is 9.54. The minimum absolute atomic E-state index is 0.0129. The molecule has 1 aromatic rings. The molecular formula is C14H20N4O2. The summed E-state index contributed by atoms with van der Waals surface area (Å²) < 4.78 is 0. The molecule has 1 heterocycles. The average molecular weight is 276 g/mol. The van der Waals surface area contributed by atoms with Crippen LogP contribution in [-0.2, 0) is 9.59 Å². The highest BCUT2D eigenvalue weighted by molar-refractivity contribution is 5.94. The van der Waals surface area contributed by atoms with E-state index in [1.165, 1.54) is 6.20 Å². The molecule has 0 aliphatic heterocycles. The Balaban J connectivity index is 1.81. The fraction of sp³-hybridized carbons (Fsp3) is 0.500. The Hall–Kier alpha value is -1.95. The van der Waals surface area contributed by atoms with Gasteiger partial charge in [0.05, 0.1) is 11.9 Å². The molecule has 0 spiro atoms. The zero-order chi connectivity index (χ0) is 14.5. The van der Waals surface area contributed by atoms with Gasteiger partial charge in [0, 0.05) is 18.4 Å². The first-order valence-electron chi connectivity index (χ1n) is 6.87. The largest absolute Gasteiger partial charge is 0.328 e. The molecule has 6 nitrogen and oxygen atoms in total. The third-order valence-corrected chi connectivity index (χ3v) is 3.07. The van der Waals surface area contributed by atoms with Gasteiger partial charge in [0.2, 0.25) is 11.8 Å². The number of rotatable bonds is 6. The predicted octanol–water partition coefficient (Wildman–Crippen LogP) is 1.50. The maximum Gasteiger partial charge on any atom is 0.228 e. The third kappa shape index (κ3) is 4.62. The van der Waals surface area contributed by atoms with Gasteiger partial charge in [-0.3, -0.25) is 9.59 Å². The van der Waals surface area contributed by atoms with Crippen LogP contribution >= 0.6 is 0 Å². The number of nitrogens with zero attached hydrogens (tertiary/aromatic N) is 1. The van der Waals surface area contributed by atoms with E-state index in [1.54, 1.807) is 12.1 Å². The van der Waals surface area contributed by atoms with Gasteiger partial charge in [-0.05, 0) is 38.3 Å². The van der Waals surface area contributed by atoms with Gasteiger partial charge in [-0.1, -0.05) is 0 Å². The molecule has 20 heavy (non-hydrogen) atoms. The number of pyridine rings is 1. The van der Waals surface area contributed by atoms with Crippen molar-refractivity contribution in [2.24, 2.45) is 11.7 Å². The van der Waals surface area contributed by atoms with Crippen molar-refractivity contribution in [3.05, 3.63) is 18.3 Å². The molecule has 0 radical (unpaired) electrons. The maximum atomic E-state index is 11.6. The van der Waals surface area contributed by atoms with Gasteiger partial charge >= 0.3 is 0 Å². The molecule has 0 saturated heterocycles. The highest BCUT2D eigenvalue weighted by Gasteiger charge is 2.29. The highest BCUT2D eigenvalue weighted by Crippen LogP contribution is 2.29. The first kappa shape index (κ1) is 14.5. The van der Waals surface area contributed by atoms with Crippen molar-refractivity contribution in [3.8, 4) is 0 Å². The van der Waals surface area contributed by atoms with Crippen molar-refractivity contribution in [2.45, 2.75) is 38.6 Å². The molecule has 1 aliphatic carbocycles. The van der Waals surface area contributed by atoms with Crippen molar-refractivity contribution >= 4 is 23.3 Å². The van der Waals surface area contributed by atoms with E-state index in [0.717, 1.165) is 12.8 Å². The lowest BCUT2D eigenvalue weighted by Gasteiger charge is -2.08. The van der Waals surface area contributed by atoms with Crippen LogP contribution in [0.5, 0.6) is 0 Å². The lowest BCUT2D eigenvalue weighted by Crippen LogP contribution is -2.19. The monoisotopic (exact) mass is 276 g/mol. The van der Waals surface area contributed by atoms with Gasteiger partial charge < -0.3 is 16.4 Å². The van der Waals surface area contributed by atoms with Crippen molar-refractivity contribution in [3.63, 3.8) is 0 Å². The molecule has 1 aliphatic rings. The quantitative estimate of drug-likeness (QED) is 0.733. The van der Waals surface area contributed by atoms with Gasteiger partial charge in [-0.25, -0.2) is 4.98 Å². The summed E-state index contributed by atoms with van der Waals surface area (Å²) >= 11 is 0. The van der Waals surface area contributed by atoms with E-state index in [2.05, 4.69) is 15.6 Å². The summed E-state index contributed by atoms with van der Waals surface area (Å²) in [4.78, 5) is 27.3. The normalized spacial score (nSPS) is 15.5. The SMILES string of the molecule is CC(N)CCC(=O)Nc1ccc(NC(=O)C2CC2)nc1. The summed E-state index contributed by atoms with van der Waals surface area (Å²) in [5, 5.41) is 5.49. The molecule has 108 valence electrons. The number of anilines is 2. The first-order valence-corrected chi connectivity index (χ1v) is 6.87. The number of amides is 2. The standard InChI is InChI=1S/C14H20N4O2/c1-9(15)2-7-13(19)17-11-5-6-12(16-8-11)18-14(20)10-3-4-10/h5-6,8-10H,2-4,7,15H2,1H3,(H,17,19)(H,16,18,20). The zero-order valence-electron chi connectivity index (χ0n) is 11.6. The van der Waals surface area contributed by atoms with Gasteiger partial charge in [0.25, 0.3) is 0 Å². The van der Waals surface area contributed by atoms with Crippen LogP contribution in [0.4, 0.5) is 11.5 Å². The van der Waals surface area contributed by atoms with Gasteiger partial charge in [0.15, 0.2) is 0 Å². The predicted molar refractivity (Wildman–Crippen MR) is 77.1 cm³/mol. The fourth-order valence-electron chi connectivity index (χ4n) is 1.70. The summed E-state index contributed by atoms with van der Waals surface area (Å²) in [5.74, 6) is 0.593. The van der Waals surface area contributed by atoms with E-state index in [4.69, 9.17) is 5.73 Å². The Morgan fingerprint density at radius 3 is 2.70 bits per heavy atom. The smallest absolute Gasteiger partial charge is 0.228 e. The van der Waals surface area contributed by atoms with Crippen molar-refractivity contribution in [1.29, 1.82) is 0 Å². The molecule has 0 aromatic carbocycles. The number of hydrogen-bond acceptors (Lipinski definition) is 4. The zero-order valence-corrected chi connectivity index (χ0v) is 11.6. The summed E-state index contributed by atoms with van der Waals surface area (Å²) in [6, 6.07) is 3.42. The van der Waals surface area contributed by atoms with E-state index < -0.39 is 0 Å². The van der Waals surface area contributed by atoms with Crippen LogP contribution in [0.3, 0.4) is 0 Å². The minimum Gasteiger partial charge on any atom is -0.328 e. The molecule has 2 rings (SSSR count). The van der Waals surface area contributed by atoms with Crippen LogP contribution in [0.2, 0.25) is 0 Å². The van der Waals surface area contributed by atoms with Crippen LogP contribution < -0.4 is 16.4 Å². The van der Waals surface area contributed by atoms with Gasteiger partial charge in [-0.15, -0.1) is 0 Å². The molecule has 1 saturated carbocycles. The number of carbonyl (C=O) groups excluding carboxylic acids is 2. The van der Waals surface area contributed by atoms with E-state index in [9.17, 15) is 9.59 Å². The molecule has 1 fully saturated rings. The van der Waals surface area contributed by atoms with E-state index >= 15 is 0 Å². The number of nitrogens with one attached hydrogen (secondary N) is 2. The fourth-order valence-corrected chi connectivity index (χ4v) is 1.70. The topological polar surface area (TPSA) is 97.1 Å². The molecule has 4 N–H and O–H groups in total. The Labute approximate surface area is 118 Å². The second kappa shape index (κ2) is 6.47. The molecular weight excluding hydrogens is 256 g/mol. The molecule has 6 heteroatoms. The number of hydrogen-bond donors (Lipinski definition) is 3. The Morgan fingerprint density at radius 1 is 1.40 bits per heavy atom. The van der Waals surface area contributed by atoms with Crippen molar-refractivity contribution in [2.75, 3.05) is 10.6 Å². The van der Waals surface area contributed by atoms with Crippen LogP contribution in [0.25, 0.3) is 0 Å². The third-order valence-electron chi connectivity index (χ3n) is 3.07. The van der Waals surface area contributed by atoms with Crippen molar-refractivity contribution < 1.29 is 9.59 Å². The second-order valence-electron chi connectivity index (χ2n) is 5.26. The molecule has 1 atom stereocenters. The van der Waals surface area contributed by atoms with Gasteiger partial charge in [-0.2, -0.15) is 0 Å². The summed E-state index contributed by atoms with van der Waals surface area (Å²) in [5.41, 5.74) is 6.21. The Bertz CT molecular complexity index is 480. The molecule has 1 aromatic heterocycles. The molecule has 0 bridgehead atoms. The Morgan fingerprint density at radius 2 is 2.15 bits per heavy atom. The lowest BCUT2D eigenvalue weighted by atomic mass is 10.2. The number of carbonyl (C=O) groups is 2. The van der Waals surface area contributed by atoms with Crippen LogP contribution in [0.1, 0.15) is 32.6 Å². The number of nitrogens with two attached hydrogens (primary N) is 1. The Kier molecular flexibility index (Phi) is 4.68. The summed E-state index contributed by atoms with van der Waals surface area (Å²) in [6.07, 6.45) is 4.48. The molecule has 2 amide bonds. The minimum atomic E-state index is -0.0844. The van der Waals surface area contributed by atoms with E-state index in [1.807, 2.05) is 6.92 Å². The van der Waals surface area contributed by atoms with Crippen LogP contribution in [0.15, 0.2) is 18.3 Å². The molecule has 1 unspecified atom stereocenters. The maximum absolute atomic E-state index is 11.6. The van der Waals surface area contributed by atoms with Crippen LogP contribution in [0, 0.1) is 5.92 Å². The average Bonchev–Trinajstić information content (AvgIpc) is 3.23. The van der Waals surface area contributed by atoms with Gasteiger partial charge in [0.1, 0.15) is 5.82 Å². The highest BCUT2D eigenvalue weighted by atomic mass is 16.2. The lowest BCUT2D eigenvalue weighted by molar-refractivity contribution is -0.117. The summed E-state index contributed by atoms with van der Waals surface area (Å²) in [6.45, 7) is 1.87. The van der Waals surface area contributed by atoms with Crippen LogP contribution in [-0.4, -0.2) is 22.8 Å². The second-order valence-corrected chi connectivity index (χ2v) is 5.26. The number of aromatic nitrogens is 1.